The Hall–Kier alpha value is -1.62. The molecule has 1 saturated carbocycles. The standard InChI is InChI=1S/C15H23N3O2/c1-5-20-12-8-11(15(12,2)3)18-14(19)10-6-7-13(16-4)17-9-10/h6-7,9,11-12H,5,8H2,1-4H3,(H,16,17)(H,18,19). The van der Waals surface area contributed by atoms with Crippen LogP contribution in [0.4, 0.5) is 5.82 Å². The van der Waals surface area contributed by atoms with Crippen LogP contribution in [0.25, 0.3) is 0 Å². The first kappa shape index (κ1) is 14.8. The Labute approximate surface area is 120 Å². The topological polar surface area (TPSA) is 63.2 Å². The van der Waals surface area contributed by atoms with Crippen LogP contribution < -0.4 is 10.6 Å². The molecule has 0 radical (unpaired) electrons. The van der Waals surface area contributed by atoms with Gasteiger partial charge in [0.05, 0.1) is 11.7 Å². The number of nitrogens with one attached hydrogen (secondary N) is 2. The van der Waals surface area contributed by atoms with Gasteiger partial charge in [-0.1, -0.05) is 13.8 Å². The summed E-state index contributed by atoms with van der Waals surface area (Å²) in [6, 6.07) is 3.72. The fraction of sp³-hybridized carbons (Fsp3) is 0.600. The fourth-order valence-corrected chi connectivity index (χ4v) is 2.53. The van der Waals surface area contributed by atoms with Gasteiger partial charge >= 0.3 is 0 Å². The number of ether oxygens (including phenoxy) is 1. The van der Waals surface area contributed by atoms with Crippen LogP contribution in [-0.2, 0) is 4.74 Å². The highest BCUT2D eigenvalue weighted by molar-refractivity contribution is 5.94. The number of amides is 1. The average molecular weight is 277 g/mol. The van der Waals surface area contributed by atoms with Crippen LogP contribution in [0.5, 0.6) is 0 Å². The molecule has 0 bridgehead atoms. The van der Waals surface area contributed by atoms with Gasteiger partial charge in [0.1, 0.15) is 5.82 Å². The van der Waals surface area contributed by atoms with Crippen LogP contribution in [0.15, 0.2) is 18.3 Å². The number of anilines is 1. The van der Waals surface area contributed by atoms with Gasteiger partial charge in [0.15, 0.2) is 0 Å². The lowest BCUT2D eigenvalue weighted by molar-refractivity contribution is -0.111. The van der Waals surface area contributed by atoms with Crippen molar-refractivity contribution in [1.29, 1.82) is 0 Å². The molecule has 5 heteroatoms. The first-order valence-corrected chi connectivity index (χ1v) is 7.05. The van der Waals surface area contributed by atoms with Crippen LogP contribution in [0.2, 0.25) is 0 Å². The smallest absolute Gasteiger partial charge is 0.253 e. The second-order valence-corrected chi connectivity index (χ2v) is 5.71. The summed E-state index contributed by atoms with van der Waals surface area (Å²) in [6.07, 6.45) is 2.68. The molecule has 2 rings (SSSR count). The maximum Gasteiger partial charge on any atom is 0.253 e. The van der Waals surface area contributed by atoms with Crippen molar-refractivity contribution >= 4 is 11.7 Å². The summed E-state index contributed by atoms with van der Waals surface area (Å²) in [5.41, 5.74) is 0.559. The summed E-state index contributed by atoms with van der Waals surface area (Å²) in [6.45, 7) is 6.97. The third kappa shape index (κ3) is 2.77. The molecule has 0 spiro atoms. The van der Waals surface area contributed by atoms with Crippen molar-refractivity contribution in [2.45, 2.75) is 39.3 Å². The maximum absolute atomic E-state index is 12.2. The van der Waals surface area contributed by atoms with E-state index in [9.17, 15) is 4.79 Å². The van der Waals surface area contributed by atoms with Crippen molar-refractivity contribution in [2.75, 3.05) is 19.0 Å². The van der Waals surface area contributed by atoms with Crippen LogP contribution in [0.1, 0.15) is 37.6 Å². The number of hydrogen-bond acceptors (Lipinski definition) is 4. The maximum atomic E-state index is 12.2. The third-order valence-corrected chi connectivity index (χ3v) is 4.13. The molecule has 2 N–H and O–H groups in total. The van der Waals surface area contributed by atoms with Crippen molar-refractivity contribution in [3.63, 3.8) is 0 Å². The van der Waals surface area contributed by atoms with E-state index in [-0.39, 0.29) is 23.5 Å². The molecule has 5 nitrogen and oxygen atoms in total. The monoisotopic (exact) mass is 277 g/mol. The van der Waals surface area contributed by atoms with Crippen molar-refractivity contribution in [3.8, 4) is 0 Å². The molecule has 0 aliphatic heterocycles. The Morgan fingerprint density at radius 2 is 2.25 bits per heavy atom. The van der Waals surface area contributed by atoms with Crippen molar-refractivity contribution in [2.24, 2.45) is 5.41 Å². The molecule has 2 atom stereocenters. The summed E-state index contributed by atoms with van der Waals surface area (Å²) in [4.78, 5) is 16.3. The Morgan fingerprint density at radius 1 is 1.50 bits per heavy atom. The Kier molecular flexibility index (Phi) is 4.28. The molecule has 1 heterocycles. The molecular formula is C15H23N3O2. The number of aromatic nitrogens is 1. The largest absolute Gasteiger partial charge is 0.378 e. The quantitative estimate of drug-likeness (QED) is 0.864. The molecule has 0 saturated heterocycles. The Balaban J connectivity index is 1.95. The number of nitrogens with zero attached hydrogens (tertiary/aromatic N) is 1. The van der Waals surface area contributed by atoms with E-state index in [4.69, 9.17) is 4.74 Å². The van der Waals surface area contributed by atoms with Crippen LogP contribution >= 0.6 is 0 Å². The summed E-state index contributed by atoms with van der Waals surface area (Å²) in [5, 5.41) is 6.00. The lowest BCUT2D eigenvalue weighted by atomic mass is 9.64. The van der Waals surface area contributed by atoms with E-state index < -0.39 is 0 Å². The highest BCUT2D eigenvalue weighted by Crippen LogP contribution is 2.42. The zero-order valence-electron chi connectivity index (χ0n) is 12.6. The van der Waals surface area contributed by atoms with E-state index >= 15 is 0 Å². The second kappa shape index (κ2) is 5.79. The van der Waals surface area contributed by atoms with E-state index in [0.717, 1.165) is 12.2 Å². The predicted molar refractivity (Wildman–Crippen MR) is 78.8 cm³/mol. The normalized spacial score (nSPS) is 23.8. The SMILES string of the molecule is CCOC1CC(NC(=O)c2ccc(NC)nc2)C1(C)C. The van der Waals surface area contributed by atoms with Crippen molar-refractivity contribution < 1.29 is 9.53 Å². The summed E-state index contributed by atoms with van der Waals surface area (Å²) >= 11 is 0. The number of rotatable bonds is 5. The summed E-state index contributed by atoms with van der Waals surface area (Å²) in [7, 11) is 1.80. The van der Waals surface area contributed by atoms with E-state index in [2.05, 4.69) is 29.5 Å². The minimum absolute atomic E-state index is 0.0238. The molecule has 1 aromatic heterocycles. The lowest BCUT2D eigenvalue weighted by Crippen LogP contribution is -2.62. The minimum atomic E-state index is -0.0758. The number of pyridine rings is 1. The van der Waals surface area contributed by atoms with Gasteiger partial charge in [-0.25, -0.2) is 4.98 Å². The van der Waals surface area contributed by atoms with Gasteiger partial charge in [-0.2, -0.15) is 0 Å². The van der Waals surface area contributed by atoms with Crippen LogP contribution in [0, 0.1) is 5.41 Å². The minimum Gasteiger partial charge on any atom is -0.378 e. The molecule has 2 unspecified atom stereocenters. The lowest BCUT2D eigenvalue weighted by Gasteiger charge is -2.51. The van der Waals surface area contributed by atoms with Gasteiger partial charge in [0.2, 0.25) is 0 Å². The average Bonchev–Trinajstić information content (AvgIpc) is 2.46. The van der Waals surface area contributed by atoms with E-state index in [1.807, 2.05) is 6.92 Å². The first-order chi connectivity index (χ1) is 9.48. The Bertz CT molecular complexity index is 471. The zero-order chi connectivity index (χ0) is 14.8. The molecular weight excluding hydrogens is 254 g/mol. The van der Waals surface area contributed by atoms with E-state index in [0.29, 0.717) is 12.2 Å². The van der Waals surface area contributed by atoms with Crippen molar-refractivity contribution in [3.05, 3.63) is 23.9 Å². The molecule has 1 amide bonds. The molecule has 0 aromatic carbocycles. The predicted octanol–water partition coefficient (Wildman–Crippen LogP) is 2.06. The second-order valence-electron chi connectivity index (χ2n) is 5.71. The van der Waals surface area contributed by atoms with Gasteiger partial charge in [0, 0.05) is 31.3 Å². The number of carbonyl (C=O) groups excluding carboxylic acids is 1. The van der Waals surface area contributed by atoms with Gasteiger partial charge in [-0.15, -0.1) is 0 Å². The highest BCUT2D eigenvalue weighted by Gasteiger charge is 2.49. The molecule has 1 aliphatic rings. The fourth-order valence-electron chi connectivity index (χ4n) is 2.53. The summed E-state index contributed by atoms with van der Waals surface area (Å²) < 4.78 is 5.67. The van der Waals surface area contributed by atoms with Gasteiger partial charge in [-0.05, 0) is 25.5 Å². The van der Waals surface area contributed by atoms with Crippen LogP contribution in [0.3, 0.4) is 0 Å². The van der Waals surface area contributed by atoms with E-state index in [1.165, 1.54) is 0 Å². The van der Waals surface area contributed by atoms with Gasteiger partial charge in [-0.3, -0.25) is 4.79 Å². The molecule has 110 valence electrons. The van der Waals surface area contributed by atoms with Crippen molar-refractivity contribution in [1.82, 2.24) is 10.3 Å². The third-order valence-electron chi connectivity index (χ3n) is 4.13. The summed E-state index contributed by atoms with van der Waals surface area (Å²) in [5.74, 6) is 0.676. The zero-order valence-corrected chi connectivity index (χ0v) is 12.6. The number of carbonyl (C=O) groups is 1. The molecule has 1 fully saturated rings. The first-order valence-electron chi connectivity index (χ1n) is 7.05. The van der Waals surface area contributed by atoms with E-state index in [1.54, 1.807) is 25.4 Å². The number of hydrogen-bond donors (Lipinski definition) is 2. The molecule has 1 aliphatic carbocycles. The van der Waals surface area contributed by atoms with Crippen LogP contribution in [-0.4, -0.2) is 36.7 Å². The molecule has 1 aromatic rings. The van der Waals surface area contributed by atoms with Gasteiger partial charge in [0.25, 0.3) is 5.91 Å². The molecule has 20 heavy (non-hydrogen) atoms. The Morgan fingerprint density at radius 3 is 2.75 bits per heavy atom. The highest BCUT2D eigenvalue weighted by atomic mass is 16.5. The van der Waals surface area contributed by atoms with Gasteiger partial charge < -0.3 is 15.4 Å².